The van der Waals surface area contributed by atoms with E-state index in [0.717, 1.165) is 31.0 Å². The summed E-state index contributed by atoms with van der Waals surface area (Å²) in [6, 6.07) is 14.1. The van der Waals surface area contributed by atoms with Crippen molar-refractivity contribution in [1.82, 2.24) is 15.3 Å². The number of nitrogens with one attached hydrogen (secondary N) is 2. The fourth-order valence-corrected chi connectivity index (χ4v) is 6.05. The van der Waals surface area contributed by atoms with Gasteiger partial charge in [0.1, 0.15) is 0 Å². The Labute approximate surface area is 256 Å². The second-order valence-electron chi connectivity index (χ2n) is 10.2. The highest BCUT2D eigenvalue weighted by atomic mass is 35.5. The summed E-state index contributed by atoms with van der Waals surface area (Å²) in [6.45, 7) is 1.87. The molecule has 1 saturated carbocycles. The van der Waals surface area contributed by atoms with Crippen molar-refractivity contribution in [2.45, 2.75) is 32.6 Å². The SMILES string of the molecule is CCc1nc2ccc(C=C3SC(=Nc4cc(NC(=O)C5CCC5)ccc4Cl)NC3=O)cc2c(-c2ccncc2)c1C(=O)O. The predicted molar refractivity (Wildman–Crippen MR) is 170 cm³/mol. The van der Waals surface area contributed by atoms with Gasteiger partial charge in [0.05, 0.1) is 32.4 Å². The first-order chi connectivity index (χ1) is 20.8. The van der Waals surface area contributed by atoms with Crippen LogP contribution in [-0.4, -0.2) is 38.0 Å². The van der Waals surface area contributed by atoms with Crippen LogP contribution in [0.4, 0.5) is 11.4 Å². The lowest BCUT2D eigenvalue weighted by atomic mass is 9.85. The Bertz CT molecular complexity index is 1850. The third kappa shape index (κ3) is 5.89. The zero-order chi connectivity index (χ0) is 30.1. The van der Waals surface area contributed by atoms with Gasteiger partial charge < -0.3 is 15.7 Å². The monoisotopic (exact) mass is 611 g/mol. The minimum atomic E-state index is -1.06. The first-order valence-corrected chi connectivity index (χ1v) is 15.0. The van der Waals surface area contributed by atoms with Gasteiger partial charge in [-0.05, 0) is 90.7 Å². The predicted octanol–water partition coefficient (Wildman–Crippen LogP) is 6.84. The molecule has 0 unspecified atom stereocenters. The topological polar surface area (TPSA) is 134 Å². The van der Waals surface area contributed by atoms with Crippen molar-refractivity contribution >= 4 is 74.7 Å². The Morgan fingerprint density at radius 2 is 1.95 bits per heavy atom. The Balaban J connectivity index is 1.33. The molecule has 2 fully saturated rings. The van der Waals surface area contributed by atoms with Crippen molar-refractivity contribution in [3.63, 3.8) is 0 Å². The number of carboxylic acid groups (broad SMARTS) is 1. The van der Waals surface area contributed by atoms with Gasteiger partial charge in [0.15, 0.2) is 5.17 Å². The van der Waals surface area contributed by atoms with Gasteiger partial charge in [-0.1, -0.05) is 31.0 Å². The van der Waals surface area contributed by atoms with Gasteiger partial charge >= 0.3 is 5.97 Å². The maximum atomic E-state index is 12.9. The van der Waals surface area contributed by atoms with Crippen LogP contribution in [0, 0.1) is 5.92 Å². The first-order valence-electron chi connectivity index (χ1n) is 13.8. The number of aryl methyl sites for hydroxylation is 1. The number of amides is 2. The second kappa shape index (κ2) is 12.0. The second-order valence-corrected chi connectivity index (χ2v) is 11.7. The highest BCUT2D eigenvalue weighted by molar-refractivity contribution is 8.18. The van der Waals surface area contributed by atoms with Crippen LogP contribution in [0.1, 0.15) is 47.8 Å². The van der Waals surface area contributed by atoms with E-state index >= 15 is 0 Å². The number of halogens is 1. The van der Waals surface area contributed by atoms with Crippen LogP contribution in [0.2, 0.25) is 5.02 Å². The van der Waals surface area contributed by atoms with Crippen LogP contribution in [0.25, 0.3) is 28.1 Å². The van der Waals surface area contributed by atoms with Gasteiger partial charge in [0.25, 0.3) is 5.91 Å². The number of anilines is 1. The van der Waals surface area contributed by atoms with E-state index in [4.69, 9.17) is 11.6 Å². The summed E-state index contributed by atoms with van der Waals surface area (Å²) in [4.78, 5) is 51.3. The van der Waals surface area contributed by atoms with Gasteiger partial charge in [0.2, 0.25) is 5.91 Å². The number of nitrogens with zero attached hydrogens (tertiary/aromatic N) is 3. The number of hydrogen-bond donors (Lipinski definition) is 3. The standard InChI is InChI=1S/C32H26ClN5O4S/c1-2-23-28(31(41)42)27(18-10-12-34-13-11-18)21-14-17(6-9-24(21)36-23)15-26-30(40)38-32(43-26)37-25-16-20(7-8-22(25)33)35-29(39)19-4-3-5-19/h6-16,19H,2-5H2,1H3,(H,35,39)(H,41,42)(H,37,38,40). The largest absolute Gasteiger partial charge is 0.478 e. The van der Waals surface area contributed by atoms with Crippen molar-refractivity contribution in [3.05, 3.63) is 87.7 Å². The normalized spacial score (nSPS) is 16.8. The Morgan fingerprint density at radius 3 is 2.65 bits per heavy atom. The van der Waals surface area contributed by atoms with Crippen LogP contribution >= 0.6 is 23.4 Å². The third-order valence-corrected chi connectivity index (χ3v) is 8.69. The summed E-state index contributed by atoms with van der Waals surface area (Å²) in [5.41, 5.74) is 4.28. The minimum Gasteiger partial charge on any atom is -0.478 e. The van der Waals surface area contributed by atoms with E-state index in [-0.39, 0.29) is 23.3 Å². The number of pyridine rings is 2. The van der Waals surface area contributed by atoms with Crippen LogP contribution < -0.4 is 10.6 Å². The molecule has 216 valence electrons. The van der Waals surface area contributed by atoms with Crippen molar-refractivity contribution < 1.29 is 19.5 Å². The fourth-order valence-electron chi connectivity index (χ4n) is 5.06. The average molecular weight is 612 g/mol. The molecule has 11 heteroatoms. The molecule has 0 bridgehead atoms. The number of rotatable bonds is 7. The third-order valence-electron chi connectivity index (χ3n) is 7.46. The number of carboxylic acids is 1. The molecule has 1 aliphatic carbocycles. The van der Waals surface area contributed by atoms with E-state index in [2.05, 4.69) is 25.6 Å². The summed E-state index contributed by atoms with van der Waals surface area (Å²) < 4.78 is 0. The molecule has 1 aliphatic heterocycles. The molecular formula is C32H26ClN5O4S. The van der Waals surface area contributed by atoms with Gasteiger partial charge in [-0.15, -0.1) is 0 Å². The van der Waals surface area contributed by atoms with Crippen LogP contribution in [0.15, 0.2) is 70.8 Å². The van der Waals surface area contributed by atoms with E-state index in [9.17, 15) is 19.5 Å². The summed E-state index contributed by atoms with van der Waals surface area (Å²) in [5, 5.41) is 17.2. The Kier molecular flexibility index (Phi) is 7.96. The lowest BCUT2D eigenvalue weighted by Gasteiger charge is -2.24. The maximum Gasteiger partial charge on any atom is 0.338 e. The Morgan fingerprint density at radius 1 is 1.16 bits per heavy atom. The molecular weight excluding hydrogens is 586 g/mol. The molecule has 0 atom stereocenters. The number of hydrogen-bond acceptors (Lipinski definition) is 7. The fraction of sp³-hybridized carbons (Fsp3) is 0.188. The van der Waals surface area contributed by atoms with Gasteiger partial charge in [0, 0.05) is 34.9 Å². The first kappa shape index (κ1) is 28.6. The molecule has 2 aromatic heterocycles. The van der Waals surface area contributed by atoms with E-state index in [0.29, 0.717) is 66.2 Å². The number of thioether (sulfide) groups is 1. The molecule has 3 heterocycles. The van der Waals surface area contributed by atoms with Crippen LogP contribution in [0.5, 0.6) is 0 Å². The number of benzene rings is 2. The number of carbonyl (C=O) groups is 3. The molecule has 3 N–H and O–H groups in total. The van der Waals surface area contributed by atoms with Crippen molar-refractivity contribution in [1.29, 1.82) is 0 Å². The van der Waals surface area contributed by atoms with Crippen LogP contribution in [-0.2, 0) is 16.0 Å². The number of aromatic carboxylic acids is 1. The average Bonchev–Trinajstić information content (AvgIpc) is 3.31. The van der Waals surface area contributed by atoms with E-state index in [1.807, 2.05) is 25.1 Å². The van der Waals surface area contributed by atoms with Gasteiger partial charge in [-0.2, -0.15) is 0 Å². The zero-order valence-corrected chi connectivity index (χ0v) is 24.6. The van der Waals surface area contributed by atoms with Crippen molar-refractivity contribution in [3.8, 4) is 11.1 Å². The number of fused-ring (bicyclic) bond motifs is 1. The molecule has 1 saturated heterocycles. The van der Waals surface area contributed by atoms with Gasteiger partial charge in [-0.3, -0.25) is 19.6 Å². The quantitative estimate of drug-likeness (QED) is 0.195. The summed E-state index contributed by atoms with van der Waals surface area (Å²) >= 11 is 7.55. The van der Waals surface area contributed by atoms with Crippen LogP contribution in [0.3, 0.4) is 0 Å². The maximum absolute atomic E-state index is 12.9. The molecule has 0 radical (unpaired) electrons. The van der Waals surface area contributed by atoms with Crippen molar-refractivity contribution in [2.24, 2.45) is 10.9 Å². The molecule has 6 rings (SSSR count). The molecule has 4 aromatic rings. The molecule has 2 aromatic carbocycles. The summed E-state index contributed by atoms with van der Waals surface area (Å²) in [5.74, 6) is -1.35. The number of amidine groups is 1. The number of aliphatic imine (C=N–C) groups is 1. The molecule has 9 nitrogen and oxygen atoms in total. The van der Waals surface area contributed by atoms with E-state index in [1.165, 1.54) is 0 Å². The molecule has 2 amide bonds. The number of carbonyl (C=O) groups excluding carboxylic acids is 2. The van der Waals surface area contributed by atoms with Gasteiger partial charge in [-0.25, -0.2) is 9.79 Å². The summed E-state index contributed by atoms with van der Waals surface area (Å²) in [7, 11) is 0. The minimum absolute atomic E-state index is 0.0139. The van der Waals surface area contributed by atoms with E-state index < -0.39 is 5.97 Å². The highest BCUT2D eigenvalue weighted by Gasteiger charge is 2.27. The Hall–Kier alpha value is -4.54. The van der Waals surface area contributed by atoms with Crippen molar-refractivity contribution in [2.75, 3.05) is 5.32 Å². The number of aromatic nitrogens is 2. The molecule has 0 spiro atoms. The lowest BCUT2D eigenvalue weighted by molar-refractivity contribution is -0.122. The molecule has 2 aliphatic rings. The smallest absolute Gasteiger partial charge is 0.338 e. The zero-order valence-electron chi connectivity index (χ0n) is 23.1. The molecule has 43 heavy (non-hydrogen) atoms. The summed E-state index contributed by atoms with van der Waals surface area (Å²) in [6.07, 6.45) is 8.28. The highest BCUT2D eigenvalue weighted by Crippen LogP contribution is 2.36. The van der Waals surface area contributed by atoms with E-state index in [1.54, 1.807) is 48.8 Å². The lowest BCUT2D eigenvalue weighted by Crippen LogP contribution is -2.27.